The molecule has 1 amide bonds. The van der Waals surface area contributed by atoms with Crippen molar-refractivity contribution < 1.29 is 19.0 Å². The van der Waals surface area contributed by atoms with Gasteiger partial charge in [-0.05, 0) is 24.3 Å². The zero-order valence-electron chi connectivity index (χ0n) is 22.7. The molecule has 1 aliphatic rings. The van der Waals surface area contributed by atoms with E-state index in [1.165, 1.54) is 14.2 Å². The Morgan fingerprint density at radius 3 is 2.50 bits per heavy atom. The van der Waals surface area contributed by atoms with Gasteiger partial charge in [0.2, 0.25) is 5.95 Å². The molecule has 0 saturated carbocycles. The minimum atomic E-state index is -0.606. The van der Waals surface area contributed by atoms with Crippen LogP contribution in [0.15, 0.2) is 61.1 Å². The quantitative estimate of drug-likeness (QED) is 0.288. The average molecular weight is 545 g/mol. The van der Waals surface area contributed by atoms with Gasteiger partial charge in [-0.2, -0.15) is 10.1 Å². The number of aryl methyl sites for hydroxylation is 1. The molecular weight excluding hydrogens is 512 g/mol. The zero-order valence-corrected chi connectivity index (χ0v) is 22.7. The maximum absolute atomic E-state index is 13.8. The Bertz CT molecular complexity index is 1440. The first-order valence-electron chi connectivity index (χ1n) is 12.9. The monoisotopic (exact) mass is 544 g/mol. The van der Waals surface area contributed by atoms with Crippen LogP contribution in [0.25, 0.3) is 22.5 Å². The van der Waals surface area contributed by atoms with Gasteiger partial charge in [0, 0.05) is 69.8 Å². The summed E-state index contributed by atoms with van der Waals surface area (Å²) in [5.41, 5.74) is 3.97. The normalized spacial score (nSPS) is 13.4. The van der Waals surface area contributed by atoms with Crippen LogP contribution < -0.4 is 15.5 Å². The summed E-state index contributed by atoms with van der Waals surface area (Å²) in [6.45, 7) is 2.55. The first-order valence-corrected chi connectivity index (χ1v) is 12.9. The topological polar surface area (TPSA) is 129 Å². The lowest BCUT2D eigenvalue weighted by molar-refractivity contribution is -0.0974. The molecule has 4 aromatic rings. The van der Waals surface area contributed by atoms with Gasteiger partial charge in [-0.3, -0.25) is 14.5 Å². The molecule has 0 atom stereocenters. The van der Waals surface area contributed by atoms with Crippen molar-refractivity contribution >= 4 is 23.4 Å². The molecule has 0 bridgehead atoms. The largest absolute Gasteiger partial charge is 0.378 e. The van der Waals surface area contributed by atoms with Crippen LogP contribution in [-0.4, -0.2) is 84.0 Å². The summed E-state index contributed by atoms with van der Waals surface area (Å²) in [7, 11) is 4.91. The summed E-state index contributed by atoms with van der Waals surface area (Å²) in [6.07, 6.45) is 4.63. The van der Waals surface area contributed by atoms with Gasteiger partial charge in [0.1, 0.15) is 11.4 Å². The van der Waals surface area contributed by atoms with Crippen molar-refractivity contribution in [1.29, 1.82) is 0 Å². The molecule has 1 aromatic carbocycles. The van der Waals surface area contributed by atoms with Crippen LogP contribution in [0.2, 0.25) is 0 Å². The molecule has 208 valence electrons. The lowest BCUT2D eigenvalue weighted by atomic mass is 10.0. The molecule has 40 heavy (non-hydrogen) atoms. The van der Waals surface area contributed by atoms with E-state index in [2.05, 4.69) is 25.6 Å². The molecule has 1 saturated heterocycles. The first-order chi connectivity index (χ1) is 19.6. The fourth-order valence-corrected chi connectivity index (χ4v) is 4.36. The minimum Gasteiger partial charge on any atom is -0.378 e. The summed E-state index contributed by atoms with van der Waals surface area (Å²) in [5.74, 6) is 0.494. The van der Waals surface area contributed by atoms with Gasteiger partial charge >= 0.3 is 0 Å². The number of methoxy groups -OCH3 is 2. The van der Waals surface area contributed by atoms with Crippen molar-refractivity contribution in [2.75, 3.05) is 57.3 Å². The number of amides is 1. The second-order valence-corrected chi connectivity index (χ2v) is 9.12. The Kier molecular flexibility index (Phi) is 8.59. The third-order valence-corrected chi connectivity index (χ3v) is 6.46. The maximum atomic E-state index is 13.8. The summed E-state index contributed by atoms with van der Waals surface area (Å²) in [4.78, 5) is 29.8. The molecule has 1 fully saturated rings. The van der Waals surface area contributed by atoms with Gasteiger partial charge in [0.15, 0.2) is 6.29 Å². The smallest absolute Gasteiger partial charge is 0.257 e. The van der Waals surface area contributed by atoms with Crippen molar-refractivity contribution in [3.8, 4) is 22.5 Å². The number of anilines is 3. The van der Waals surface area contributed by atoms with E-state index in [4.69, 9.17) is 24.2 Å². The lowest BCUT2D eigenvalue weighted by Crippen LogP contribution is -2.38. The molecule has 0 aliphatic carbocycles. The van der Waals surface area contributed by atoms with Gasteiger partial charge in [0.05, 0.1) is 31.1 Å². The molecule has 5 rings (SSSR count). The Morgan fingerprint density at radius 2 is 1.80 bits per heavy atom. The number of rotatable bonds is 10. The van der Waals surface area contributed by atoms with E-state index >= 15 is 0 Å². The summed E-state index contributed by atoms with van der Waals surface area (Å²) < 4.78 is 17.8. The molecular formula is C28H32N8O4. The number of hydrogen-bond donors (Lipinski definition) is 2. The van der Waals surface area contributed by atoms with Crippen molar-refractivity contribution in [2.24, 2.45) is 7.05 Å². The van der Waals surface area contributed by atoms with Crippen molar-refractivity contribution in [2.45, 2.75) is 6.29 Å². The number of benzene rings is 1. The van der Waals surface area contributed by atoms with Crippen LogP contribution in [0.5, 0.6) is 0 Å². The number of morpholine rings is 1. The molecule has 3 aromatic heterocycles. The molecule has 0 spiro atoms. The predicted octanol–water partition coefficient (Wildman–Crippen LogP) is 2.87. The number of carbonyl (C=O) groups is 1. The van der Waals surface area contributed by atoms with Crippen LogP contribution in [-0.2, 0) is 21.3 Å². The van der Waals surface area contributed by atoms with E-state index in [1.807, 2.05) is 55.7 Å². The summed E-state index contributed by atoms with van der Waals surface area (Å²) in [6, 6.07) is 13.4. The second kappa shape index (κ2) is 12.6. The van der Waals surface area contributed by atoms with E-state index < -0.39 is 6.29 Å². The van der Waals surface area contributed by atoms with E-state index in [-0.39, 0.29) is 18.0 Å². The van der Waals surface area contributed by atoms with Crippen LogP contribution in [0.3, 0.4) is 0 Å². The molecule has 1 aliphatic heterocycles. The van der Waals surface area contributed by atoms with E-state index in [0.29, 0.717) is 43.8 Å². The van der Waals surface area contributed by atoms with Crippen LogP contribution in [0.1, 0.15) is 10.4 Å². The number of ether oxygens (including phenoxy) is 3. The van der Waals surface area contributed by atoms with Crippen LogP contribution in [0.4, 0.5) is 17.5 Å². The lowest BCUT2D eigenvalue weighted by Gasteiger charge is -2.28. The van der Waals surface area contributed by atoms with Gasteiger partial charge in [-0.25, -0.2) is 4.98 Å². The SMILES string of the molecule is COC(CNC(=O)c1c(Nc2ccncc2)nc(N2CCOCC2)nc1-c1cccc(-c2ccn(C)n2)c1)OC. The Hall–Kier alpha value is -4.39. The predicted molar refractivity (Wildman–Crippen MR) is 150 cm³/mol. The highest BCUT2D eigenvalue weighted by molar-refractivity contribution is 6.05. The number of aromatic nitrogens is 5. The molecule has 12 nitrogen and oxygen atoms in total. The fraction of sp³-hybridized carbons (Fsp3) is 0.321. The molecule has 12 heteroatoms. The zero-order chi connectivity index (χ0) is 27.9. The Balaban J connectivity index is 1.65. The Morgan fingerprint density at radius 1 is 1.05 bits per heavy atom. The van der Waals surface area contributed by atoms with Crippen molar-refractivity contribution in [3.63, 3.8) is 0 Å². The highest BCUT2D eigenvalue weighted by atomic mass is 16.7. The van der Waals surface area contributed by atoms with E-state index in [1.54, 1.807) is 17.1 Å². The minimum absolute atomic E-state index is 0.138. The van der Waals surface area contributed by atoms with E-state index in [9.17, 15) is 4.79 Å². The van der Waals surface area contributed by atoms with Crippen LogP contribution >= 0.6 is 0 Å². The molecule has 0 unspecified atom stereocenters. The van der Waals surface area contributed by atoms with Crippen molar-refractivity contribution in [3.05, 3.63) is 66.6 Å². The average Bonchev–Trinajstić information content (AvgIpc) is 3.44. The third kappa shape index (κ3) is 6.25. The standard InChI is InChI=1S/C28H32N8O4/c1-35-12-9-22(34-35)19-5-4-6-20(17-19)25-24(27(37)30-18-23(38-2)39-3)26(31-21-7-10-29-11-8-21)33-28(32-25)36-13-15-40-16-14-36/h4-12,17,23H,13-16,18H2,1-3H3,(H,30,37)(H,29,31,32,33). The van der Waals surface area contributed by atoms with Gasteiger partial charge < -0.3 is 29.7 Å². The van der Waals surface area contributed by atoms with Gasteiger partial charge in [0.25, 0.3) is 5.91 Å². The van der Waals surface area contributed by atoms with Crippen LogP contribution in [0, 0.1) is 0 Å². The maximum Gasteiger partial charge on any atom is 0.257 e. The highest BCUT2D eigenvalue weighted by Gasteiger charge is 2.26. The van der Waals surface area contributed by atoms with Crippen molar-refractivity contribution in [1.82, 2.24) is 30.0 Å². The Labute approximate surface area is 232 Å². The molecule has 2 N–H and O–H groups in total. The number of nitrogens with one attached hydrogen (secondary N) is 2. The summed E-state index contributed by atoms with van der Waals surface area (Å²) in [5, 5.41) is 10.8. The van der Waals surface area contributed by atoms with Gasteiger partial charge in [-0.1, -0.05) is 18.2 Å². The fourth-order valence-electron chi connectivity index (χ4n) is 4.36. The second-order valence-electron chi connectivity index (χ2n) is 9.12. The highest BCUT2D eigenvalue weighted by Crippen LogP contribution is 2.33. The van der Waals surface area contributed by atoms with Gasteiger partial charge in [-0.15, -0.1) is 0 Å². The number of nitrogens with zero attached hydrogens (tertiary/aromatic N) is 6. The molecule has 0 radical (unpaired) electrons. The third-order valence-electron chi connectivity index (χ3n) is 6.46. The number of hydrogen-bond acceptors (Lipinski definition) is 10. The number of carbonyl (C=O) groups excluding carboxylic acids is 1. The first kappa shape index (κ1) is 27.2. The number of pyridine rings is 1. The molecule has 4 heterocycles. The summed E-state index contributed by atoms with van der Waals surface area (Å²) >= 11 is 0. The van der Waals surface area contributed by atoms with E-state index in [0.717, 1.165) is 22.5 Å².